The first kappa shape index (κ1) is 77.8. The molecule has 0 radical (unpaired) electrons. The number of ketones is 2. The van der Waals surface area contributed by atoms with Gasteiger partial charge in [0.2, 0.25) is 35.4 Å². The number of rotatable bonds is 37. The number of hydrogen-bond donors (Lipinski definition) is 10. The zero-order valence-corrected chi connectivity index (χ0v) is 60.7. The van der Waals surface area contributed by atoms with Gasteiger partial charge in [0, 0.05) is 47.4 Å². The lowest BCUT2D eigenvalue weighted by atomic mass is 9.93. The second-order valence-electron chi connectivity index (χ2n) is 28.5. The Morgan fingerprint density at radius 3 is 1.59 bits per heavy atom. The predicted octanol–water partition coefficient (Wildman–Crippen LogP) is 7.96. The van der Waals surface area contributed by atoms with Gasteiger partial charge in [-0.15, -0.1) is 0 Å². The molecule has 4 fully saturated rings. The quantitative estimate of drug-likeness (QED) is 0.0101. The number of aryl methyl sites for hydroxylation is 1. The second kappa shape index (κ2) is 37.2. The zero-order valence-electron chi connectivity index (χ0n) is 59.9. The van der Waals surface area contributed by atoms with Crippen molar-refractivity contribution in [1.29, 1.82) is 0 Å². The summed E-state index contributed by atoms with van der Waals surface area (Å²) in [6.07, 6.45) is 6.00. The molecule has 0 spiro atoms. The van der Waals surface area contributed by atoms with Gasteiger partial charge in [0.05, 0.1) is 37.4 Å². The Kier molecular flexibility index (Phi) is 28.1. The molecule has 1 aromatic heterocycles. The van der Waals surface area contributed by atoms with Crippen LogP contribution in [0.25, 0.3) is 10.9 Å². The van der Waals surface area contributed by atoms with E-state index in [1.807, 2.05) is 185 Å². The molecule has 5 aromatic carbocycles. The molecule has 0 saturated carbocycles. The first-order valence-electron chi connectivity index (χ1n) is 36.0. The van der Waals surface area contributed by atoms with E-state index < -0.39 is 89.1 Å². The van der Waals surface area contributed by atoms with E-state index in [1.54, 1.807) is 27.0 Å². The van der Waals surface area contributed by atoms with Crippen LogP contribution in [0.1, 0.15) is 128 Å². The van der Waals surface area contributed by atoms with E-state index in [-0.39, 0.29) is 99.2 Å². The molecule has 5 heterocycles. The number of carbonyl (C=O) groups is 10. The maximum Gasteiger partial charge on any atom is 0.408 e. The number of amides is 9. The predicted molar refractivity (Wildman–Crippen MR) is 394 cm³/mol. The molecule has 10 N–H and O–H groups in total. The molecule has 24 heteroatoms. The number of hydrogen-bond acceptors (Lipinski definition) is 14. The van der Waals surface area contributed by atoms with E-state index in [0.29, 0.717) is 37.5 Å². The number of fused-ring (bicyclic) bond motifs is 2. The Bertz CT molecular complexity index is 3850. The second-order valence-corrected chi connectivity index (χ2v) is 29.7. The highest BCUT2D eigenvalue weighted by atomic mass is 32.2. The van der Waals surface area contributed by atoms with Crippen molar-refractivity contribution in [3.05, 3.63) is 180 Å². The van der Waals surface area contributed by atoms with Crippen molar-refractivity contribution in [2.45, 2.75) is 203 Å². The van der Waals surface area contributed by atoms with Gasteiger partial charge in [0.25, 0.3) is 0 Å². The van der Waals surface area contributed by atoms with Crippen molar-refractivity contribution >= 4 is 81.8 Å². The van der Waals surface area contributed by atoms with Gasteiger partial charge in [0.15, 0.2) is 11.6 Å². The van der Waals surface area contributed by atoms with Gasteiger partial charge in [-0.05, 0) is 111 Å². The van der Waals surface area contributed by atoms with Crippen LogP contribution in [0.5, 0.6) is 0 Å². The van der Waals surface area contributed by atoms with Crippen molar-refractivity contribution in [3.63, 3.8) is 0 Å². The number of alkyl carbamates (subject to hydrolysis) is 1. The molecule has 103 heavy (non-hydrogen) atoms. The van der Waals surface area contributed by atoms with Gasteiger partial charge in [-0.1, -0.05) is 181 Å². The molecule has 12 atom stereocenters. The van der Waals surface area contributed by atoms with Crippen LogP contribution >= 0.6 is 11.8 Å². The molecule has 23 nitrogen and oxygen atoms in total. The third kappa shape index (κ3) is 23.3. The lowest BCUT2D eigenvalue weighted by molar-refractivity contribution is -0.135. The topological polar surface area (TPSA) is 329 Å². The fourth-order valence-corrected chi connectivity index (χ4v) is 14.4. The van der Waals surface area contributed by atoms with Crippen LogP contribution in [0.4, 0.5) is 9.59 Å². The monoisotopic (exact) mass is 1430 g/mol. The molecule has 4 saturated heterocycles. The van der Waals surface area contributed by atoms with Crippen molar-refractivity contribution in [3.8, 4) is 0 Å². The molecule has 550 valence electrons. The molecule has 1 unspecified atom stereocenters. The fraction of sp³-hybridized carbons (Fsp3) is 0.468. The van der Waals surface area contributed by atoms with Crippen molar-refractivity contribution in [2.75, 3.05) is 19.0 Å². The maximum absolute atomic E-state index is 14.2. The summed E-state index contributed by atoms with van der Waals surface area (Å²) in [5, 5.41) is 27.2. The van der Waals surface area contributed by atoms with Crippen LogP contribution in [0.2, 0.25) is 0 Å². The van der Waals surface area contributed by atoms with Crippen LogP contribution in [0.15, 0.2) is 152 Å². The number of aromatic amines is 1. The lowest BCUT2D eigenvalue weighted by Gasteiger charge is -2.28. The summed E-state index contributed by atoms with van der Waals surface area (Å²) in [6.45, 7) is 13.6. The summed E-state index contributed by atoms with van der Waals surface area (Å²) in [7, 11) is 0. The molecule has 10 rings (SSSR count). The number of nitrogens with one attached hydrogen (secondary N) is 10. The molecule has 0 aliphatic carbocycles. The van der Waals surface area contributed by atoms with Gasteiger partial charge in [-0.3, -0.25) is 38.4 Å². The average Bonchev–Trinajstić information content (AvgIpc) is 1.66. The third-order valence-corrected chi connectivity index (χ3v) is 20.5. The first-order chi connectivity index (χ1) is 49.5. The molecule has 6 aromatic rings. The highest BCUT2D eigenvalue weighted by Crippen LogP contribution is 2.34. The molecule has 4 aliphatic heterocycles. The number of para-hydroxylation sites is 1. The van der Waals surface area contributed by atoms with Gasteiger partial charge < -0.3 is 67.0 Å². The minimum Gasteiger partial charge on any atom is -0.445 e. The Morgan fingerprint density at radius 2 is 1.01 bits per heavy atom. The number of H-pyrrole nitrogens is 1. The molecule has 0 bridgehead atoms. The lowest BCUT2D eigenvalue weighted by Crippen LogP contribution is -2.59. The smallest absolute Gasteiger partial charge is 0.408 e. The van der Waals surface area contributed by atoms with E-state index in [4.69, 9.17) is 14.2 Å². The minimum absolute atomic E-state index is 0.00350. The summed E-state index contributed by atoms with van der Waals surface area (Å²) in [6, 6.07) is 38.8. The Morgan fingerprint density at radius 1 is 0.534 bits per heavy atom. The third-order valence-electron chi connectivity index (χ3n) is 19.0. The van der Waals surface area contributed by atoms with Crippen molar-refractivity contribution in [2.24, 2.45) is 11.8 Å². The summed E-state index contributed by atoms with van der Waals surface area (Å²) < 4.78 is 16.1. The molecule has 9 amide bonds. The average molecular weight is 1430 g/mol. The number of aromatic nitrogens is 1. The number of thioether (sulfide) groups is 1. The highest BCUT2D eigenvalue weighted by Gasteiger charge is 2.52. The maximum atomic E-state index is 14.2. The zero-order chi connectivity index (χ0) is 73.6. The van der Waals surface area contributed by atoms with Crippen molar-refractivity contribution in [1.82, 2.24) is 52.8 Å². The fourth-order valence-electron chi connectivity index (χ4n) is 12.9. The Balaban J connectivity index is 0.000000247. The van der Waals surface area contributed by atoms with Gasteiger partial charge >= 0.3 is 12.1 Å². The molecule has 4 aliphatic rings. The van der Waals surface area contributed by atoms with E-state index in [2.05, 4.69) is 52.8 Å². The van der Waals surface area contributed by atoms with E-state index in [9.17, 15) is 47.9 Å². The van der Waals surface area contributed by atoms with E-state index in [1.165, 1.54) is 0 Å². The molecular weight excluding hydrogens is 1330 g/mol. The van der Waals surface area contributed by atoms with Crippen molar-refractivity contribution < 1.29 is 62.2 Å². The van der Waals surface area contributed by atoms with Crippen LogP contribution in [-0.2, 0) is 84.9 Å². The largest absolute Gasteiger partial charge is 0.445 e. The van der Waals surface area contributed by atoms with Crippen LogP contribution in [0, 0.1) is 11.8 Å². The van der Waals surface area contributed by atoms with E-state index in [0.717, 1.165) is 57.3 Å². The SMILES string of the molecule is CC(C)C[C@H](NC(=O)[C@H](CCc1ccccc1)NC(=O)CCCCC1SC[C@@H]2NC(=O)N[C@H]12)C(=O)N[C@@H](Cc1ccccc1)C(=O)N[C@@H](CC(C)C)C(=O)[C@@]1(C)CO1.CC[C@@H](NC(=O)OCc1ccccc1)C(=O)N[C@@H](Cc1c[nH]c2ccccc12)C(=O)N[C@@H](Cc1ccccc1)C(=O)[C@@]1(C)CO1. The number of benzene rings is 5. The Hall–Kier alpha value is -9.39. The van der Waals surface area contributed by atoms with Gasteiger partial charge in [-0.25, -0.2) is 9.59 Å². The van der Waals surface area contributed by atoms with E-state index >= 15 is 0 Å². The number of epoxide rings is 2. The Labute approximate surface area is 607 Å². The standard InChI is InChI=1S/C44H62N6O7S.C35H38N4O6/c1-27(2)22-32(39(52)44(5)26-57-44)46-42(55)34(24-30-16-10-7-11-17-30)48-41(54)33(23-28(3)4)47-40(53)31(21-20-29-14-8-6-9-15-29)45-37(51)19-13-12-18-36-38-35(25-58-36)49-43(56)50-38;1-3-27(39-34(43)44-21-24-14-8-5-9-15-24)32(41)38-30(19-25-20-36-28-17-11-10-16-26(25)28)33(42)37-29(31(40)35(2)22-45-35)18-23-12-6-4-7-13-23/h6-11,14-17,27-28,31-36,38H,12-13,18-26H2,1-5H3,(H,45,51)(H,46,55)(H,47,53)(H,48,54)(H2,49,50,56);4-17,20,27,29-30,36H,3,18-19,21-22H2,1-2H3,(H,37,42)(H,38,41)(H,39,43)/t31-,32-,33-,34-,35-,36?,38-,44+;27-,29+,30+,35-/m01/s1. The minimum atomic E-state index is -1.05. The van der Waals surface area contributed by atoms with Crippen LogP contribution in [-0.4, -0.2) is 154 Å². The highest BCUT2D eigenvalue weighted by molar-refractivity contribution is 8.00. The summed E-state index contributed by atoms with van der Waals surface area (Å²) in [4.78, 5) is 137. The number of Topliss-reactive ketones (excluding diaryl/α,β-unsaturated/α-hetero) is 2. The number of unbranched alkanes of at least 4 members (excludes halogenated alkanes) is 1. The normalized spacial score (nSPS) is 20.5. The van der Waals surface area contributed by atoms with Crippen LogP contribution < -0.4 is 47.9 Å². The summed E-state index contributed by atoms with van der Waals surface area (Å²) in [5.74, 6) is -2.27. The van der Waals surface area contributed by atoms with Gasteiger partial charge in [0.1, 0.15) is 48.0 Å². The number of carbonyl (C=O) groups excluding carboxylic acids is 10. The first-order valence-corrected chi connectivity index (χ1v) is 37.0. The summed E-state index contributed by atoms with van der Waals surface area (Å²) in [5.41, 5.74) is 3.33. The number of ether oxygens (including phenoxy) is 3. The summed E-state index contributed by atoms with van der Waals surface area (Å²) >= 11 is 1.84. The number of urea groups is 1. The molecular formula is C79H100N10O13S. The van der Waals surface area contributed by atoms with Gasteiger partial charge in [-0.2, -0.15) is 11.8 Å². The van der Waals surface area contributed by atoms with Crippen LogP contribution in [0.3, 0.4) is 0 Å².